The third-order valence-corrected chi connectivity index (χ3v) is 3.60. The molecule has 0 radical (unpaired) electrons. The highest BCUT2D eigenvalue weighted by atomic mass is 16.1. The second-order valence-electron chi connectivity index (χ2n) is 5.48. The Labute approximate surface area is 131 Å². The quantitative estimate of drug-likeness (QED) is 0.817. The van der Waals surface area contributed by atoms with Gasteiger partial charge in [0.15, 0.2) is 0 Å². The fourth-order valence-electron chi connectivity index (χ4n) is 2.23. The molecule has 1 atom stereocenters. The molecule has 5 nitrogen and oxygen atoms in total. The van der Waals surface area contributed by atoms with Gasteiger partial charge in [-0.2, -0.15) is 0 Å². The van der Waals surface area contributed by atoms with Gasteiger partial charge in [0.1, 0.15) is 5.69 Å². The smallest absolute Gasteiger partial charge is 0.267 e. The van der Waals surface area contributed by atoms with Crippen LogP contribution in [-0.2, 0) is 6.42 Å². The van der Waals surface area contributed by atoms with Crippen LogP contribution in [0.15, 0.2) is 48.7 Å². The maximum absolute atomic E-state index is 11.2. The van der Waals surface area contributed by atoms with E-state index in [2.05, 4.69) is 53.6 Å². The van der Waals surface area contributed by atoms with E-state index < -0.39 is 5.91 Å². The molecule has 0 aliphatic rings. The number of likely N-dealkylation sites (N-methyl/N-ethyl adjacent to an activating group) is 1. The average molecular weight is 298 g/mol. The lowest BCUT2D eigenvalue weighted by atomic mass is 10.1. The van der Waals surface area contributed by atoms with Gasteiger partial charge in [-0.05, 0) is 38.2 Å². The number of carbonyl (C=O) groups excluding carboxylic acids is 1. The number of amides is 1. The number of pyridine rings is 1. The Bertz CT molecular complexity index is 613. The molecule has 5 heteroatoms. The number of benzene rings is 1. The third-order valence-electron chi connectivity index (χ3n) is 3.60. The zero-order chi connectivity index (χ0) is 15.9. The van der Waals surface area contributed by atoms with E-state index in [4.69, 9.17) is 5.73 Å². The Kier molecular flexibility index (Phi) is 5.49. The summed E-state index contributed by atoms with van der Waals surface area (Å²) in [7, 11) is 4.13. The number of hydrogen-bond donors (Lipinski definition) is 2. The Morgan fingerprint density at radius 2 is 2.00 bits per heavy atom. The molecule has 0 spiro atoms. The average Bonchev–Trinajstić information content (AvgIpc) is 2.52. The Morgan fingerprint density at radius 3 is 2.64 bits per heavy atom. The molecule has 22 heavy (non-hydrogen) atoms. The van der Waals surface area contributed by atoms with E-state index in [1.165, 1.54) is 5.56 Å². The van der Waals surface area contributed by atoms with Crippen LogP contribution in [0.5, 0.6) is 0 Å². The molecule has 0 saturated heterocycles. The summed E-state index contributed by atoms with van der Waals surface area (Å²) in [6.07, 6.45) is 2.54. The minimum Gasteiger partial charge on any atom is -0.383 e. The zero-order valence-electron chi connectivity index (χ0n) is 13.0. The minimum atomic E-state index is -0.517. The first kappa shape index (κ1) is 16.0. The summed E-state index contributed by atoms with van der Waals surface area (Å²) in [5.74, 6) is -0.517. The standard InChI is InChI=1S/C17H22N4O/c1-21(2)15(10-13-6-4-3-5-7-13)12-20-14-8-9-19-16(11-14)17(18)22/h3-9,11,15H,10,12H2,1-2H3,(H2,18,22)(H,19,20). The first-order valence-corrected chi connectivity index (χ1v) is 7.26. The van der Waals surface area contributed by atoms with Crippen LogP contribution in [0.2, 0.25) is 0 Å². The van der Waals surface area contributed by atoms with Gasteiger partial charge in [0, 0.05) is 24.5 Å². The van der Waals surface area contributed by atoms with Gasteiger partial charge in [0.05, 0.1) is 0 Å². The number of hydrogen-bond acceptors (Lipinski definition) is 4. The first-order valence-electron chi connectivity index (χ1n) is 7.26. The number of nitrogens with two attached hydrogens (primary N) is 1. The van der Waals surface area contributed by atoms with Crippen LogP contribution >= 0.6 is 0 Å². The summed E-state index contributed by atoms with van der Waals surface area (Å²) in [4.78, 5) is 17.3. The van der Waals surface area contributed by atoms with Crippen LogP contribution in [0.4, 0.5) is 5.69 Å². The Hall–Kier alpha value is -2.40. The SMILES string of the molecule is CN(C)C(CNc1ccnc(C(N)=O)c1)Cc1ccccc1. The van der Waals surface area contributed by atoms with Crippen molar-refractivity contribution in [1.29, 1.82) is 0 Å². The van der Waals surface area contributed by atoms with Crippen molar-refractivity contribution < 1.29 is 4.79 Å². The van der Waals surface area contributed by atoms with Gasteiger partial charge in [-0.1, -0.05) is 30.3 Å². The monoisotopic (exact) mass is 298 g/mol. The van der Waals surface area contributed by atoms with Crippen molar-refractivity contribution in [3.8, 4) is 0 Å². The minimum absolute atomic E-state index is 0.273. The van der Waals surface area contributed by atoms with E-state index in [-0.39, 0.29) is 5.69 Å². The maximum atomic E-state index is 11.2. The van der Waals surface area contributed by atoms with Gasteiger partial charge < -0.3 is 16.0 Å². The highest BCUT2D eigenvalue weighted by Crippen LogP contribution is 2.11. The second kappa shape index (κ2) is 7.56. The van der Waals surface area contributed by atoms with Crippen LogP contribution in [0.1, 0.15) is 16.1 Å². The first-order chi connectivity index (χ1) is 10.6. The fraction of sp³-hybridized carbons (Fsp3) is 0.294. The summed E-state index contributed by atoms with van der Waals surface area (Å²) < 4.78 is 0. The van der Waals surface area contributed by atoms with E-state index in [1.807, 2.05) is 12.1 Å². The summed E-state index contributed by atoms with van der Waals surface area (Å²) in [6.45, 7) is 0.768. The molecular formula is C17H22N4O. The molecule has 2 aromatic rings. The second-order valence-corrected chi connectivity index (χ2v) is 5.48. The molecule has 116 valence electrons. The highest BCUT2D eigenvalue weighted by Gasteiger charge is 2.12. The molecule has 1 unspecified atom stereocenters. The predicted octanol–water partition coefficient (Wildman–Crippen LogP) is 1.77. The highest BCUT2D eigenvalue weighted by molar-refractivity contribution is 5.91. The maximum Gasteiger partial charge on any atom is 0.267 e. The molecular weight excluding hydrogens is 276 g/mol. The number of rotatable bonds is 7. The van der Waals surface area contributed by atoms with Crippen molar-refractivity contribution in [2.45, 2.75) is 12.5 Å². The fourth-order valence-corrected chi connectivity index (χ4v) is 2.23. The Morgan fingerprint density at radius 1 is 1.27 bits per heavy atom. The van der Waals surface area contributed by atoms with E-state index >= 15 is 0 Å². The molecule has 1 heterocycles. The van der Waals surface area contributed by atoms with Gasteiger partial charge in [0.2, 0.25) is 0 Å². The lowest BCUT2D eigenvalue weighted by Gasteiger charge is -2.25. The largest absolute Gasteiger partial charge is 0.383 e. The number of aromatic nitrogens is 1. The Balaban J connectivity index is 2.00. The van der Waals surface area contributed by atoms with Crippen LogP contribution in [-0.4, -0.2) is 42.5 Å². The van der Waals surface area contributed by atoms with Crippen molar-refractivity contribution in [3.05, 3.63) is 59.9 Å². The van der Waals surface area contributed by atoms with Gasteiger partial charge in [-0.15, -0.1) is 0 Å². The van der Waals surface area contributed by atoms with Crippen molar-refractivity contribution >= 4 is 11.6 Å². The van der Waals surface area contributed by atoms with E-state index in [0.717, 1.165) is 18.7 Å². The summed E-state index contributed by atoms with van der Waals surface area (Å²) in [5.41, 5.74) is 7.68. The number of anilines is 1. The van der Waals surface area contributed by atoms with E-state index in [1.54, 1.807) is 12.3 Å². The predicted molar refractivity (Wildman–Crippen MR) is 88.9 cm³/mol. The van der Waals surface area contributed by atoms with Crippen molar-refractivity contribution in [2.75, 3.05) is 26.0 Å². The van der Waals surface area contributed by atoms with Crippen LogP contribution < -0.4 is 11.1 Å². The van der Waals surface area contributed by atoms with Gasteiger partial charge in [-0.25, -0.2) is 0 Å². The summed E-state index contributed by atoms with van der Waals surface area (Å²) in [5, 5.41) is 3.35. The van der Waals surface area contributed by atoms with Crippen LogP contribution in [0, 0.1) is 0 Å². The van der Waals surface area contributed by atoms with Crippen molar-refractivity contribution in [3.63, 3.8) is 0 Å². The van der Waals surface area contributed by atoms with Crippen molar-refractivity contribution in [1.82, 2.24) is 9.88 Å². The summed E-state index contributed by atoms with van der Waals surface area (Å²) in [6, 6.07) is 14.2. The molecule has 3 N–H and O–H groups in total. The zero-order valence-corrected chi connectivity index (χ0v) is 13.0. The molecule has 1 aromatic carbocycles. The van der Waals surface area contributed by atoms with E-state index in [9.17, 15) is 4.79 Å². The normalized spacial score (nSPS) is 12.1. The molecule has 0 bridgehead atoms. The molecule has 1 amide bonds. The lowest BCUT2D eigenvalue weighted by molar-refractivity contribution is 0.0995. The molecule has 0 aliphatic carbocycles. The third kappa shape index (κ3) is 4.56. The van der Waals surface area contributed by atoms with Crippen LogP contribution in [0.3, 0.4) is 0 Å². The number of nitrogens with zero attached hydrogens (tertiary/aromatic N) is 2. The topological polar surface area (TPSA) is 71.2 Å². The van der Waals surface area contributed by atoms with Gasteiger partial charge in [-0.3, -0.25) is 9.78 Å². The van der Waals surface area contributed by atoms with Crippen molar-refractivity contribution in [2.24, 2.45) is 5.73 Å². The molecule has 1 aromatic heterocycles. The van der Waals surface area contributed by atoms with Gasteiger partial charge in [0.25, 0.3) is 5.91 Å². The molecule has 0 fully saturated rings. The van der Waals surface area contributed by atoms with Crippen LogP contribution in [0.25, 0.3) is 0 Å². The summed E-state index contributed by atoms with van der Waals surface area (Å²) >= 11 is 0. The lowest BCUT2D eigenvalue weighted by Crippen LogP contribution is -2.36. The molecule has 0 aliphatic heterocycles. The molecule has 0 saturated carbocycles. The molecule has 2 rings (SSSR count). The number of carbonyl (C=O) groups is 1. The number of nitrogens with one attached hydrogen (secondary N) is 1. The van der Waals surface area contributed by atoms with E-state index in [0.29, 0.717) is 6.04 Å². The number of primary amides is 1. The van der Waals surface area contributed by atoms with Gasteiger partial charge >= 0.3 is 0 Å².